The van der Waals surface area contributed by atoms with E-state index in [1.165, 1.54) is 276 Å². The molecule has 492 valence electrons. The molecule has 1 heterocycles. The quantitative estimate of drug-likeness (QED) is 0.0193. The molecule has 0 aromatic rings. The third-order valence-electron chi connectivity index (χ3n) is 17.3. The minimum Gasteiger partial charge on any atom is -0.394 e. The van der Waals surface area contributed by atoms with E-state index in [1.807, 2.05) is 0 Å². The van der Waals surface area contributed by atoms with E-state index in [9.17, 15) is 38.2 Å². The van der Waals surface area contributed by atoms with E-state index in [0.717, 1.165) is 57.8 Å². The van der Waals surface area contributed by atoms with Gasteiger partial charge in [0.25, 0.3) is 0 Å². The third-order valence-corrected chi connectivity index (χ3v) is 17.7. The van der Waals surface area contributed by atoms with Crippen molar-refractivity contribution in [2.24, 2.45) is 0 Å². The molecular weight excluding hydrogens is 1060 g/mol. The number of carbonyl (C=O) groups excluding carboxylic acids is 1. The van der Waals surface area contributed by atoms with Gasteiger partial charge in [-0.1, -0.05) is 334 Å². The van der Waals surface area contributed by atoms with Crippen LogP contribution in [0.15, 0.2) is 24.3 Å². The van der Waals surface area contributed by atoms with Crippen LogP contribution in [0.4, 0.5) is 0 Å². The lowest BCUT2D eigenvalue weighted by atomic mass is 9.99. The topological polar surface area (TPSA) is 192 Å². The highest BCUT2D eigenvalue weighted by molar-refractivity contribution is 7.80. The molecule has 0 aromatic carbocycles. The van der Waals surface area contributed by atoms with E-state index in [-0.39, 0.29) is 12.5 Å². The van der Waals surface area contributed by atoms with Crippen molar-refractivity contribution in [3.8, 4) is 0 Å². The molecule has 0 saturated carbocycles. The van der Waals surface area contributed by atoms with Crippen molar-refractivity contribution in [1.82, 2.24) is 5.32 Å². The predicted octanol–water partition coefficient (Wildman–Crippen LogP) is 18.7. The summed E-state index contributed by atoms with van der Waals surface area (Å²) in [5, 5.41) is 45.3. The SMILES string of the molecule is CCCCCCCCCCC/C=C\C/C=C\CCCCCCCCCCCCCCCCCCCC(=O)NC(COC1OC(CO)C(O)C(OS(=O)(=O)O)C1O)C(O)CCCCCCCCCCCCCCCCCCCCCCCCC. The molecule has 0 radical (unpaired) electrons. The number of amides is 1. The molecule has 13 heteroatoms. The minimum absolute atomic E-state index is 0.222. The normalized spacial score (nSPS) is 18.5. The van der Waals surface area contributed by atoms with Gasteiger partial charge in [-0.05, 0) is 44.9 Å². The standard InChI is InChI=1S/C70H135NO11S/c1-3-5-7-9-11-13-15-17-19-21-23-25-27-28-29-30-31-32-33-34-35-36-38-40-42-44-46-48-50-52-54-56-58-60-66(74)71-63(62-80-70-68(76)69(82-83(77,78)79)67(75)65(61-72)81-70)64(73)59-57-55-53-51-49-47-45-43-41-39-37-26-24-22-20-18-16-14-12-10-8-6-4-2/h23,25,28-29,63-65,67-70,72-73,75-76H,3-22,24,26-27,30-62H2,1-2H3,(H,71,74)(H,77,78,79)/b25-23-,29-28-. The Bertz CT molecular complexity index is 1550. The first kappa shape index (κ1) is 79.6. The summed E-state index contributed by atoms with van der Waals surface area (Å²) < 4.78 is 48.1. The maximum atomic E-state index is 13.2. The number of nitrogens with one attached hydrogen (secondary N) is 1. The van der Waals surface area contributed by atoms with E-state index >= 15 is 0 Å². The van der Waals surface area contributed by atoms with Crippen molar-refractivity contribution >= 4 is 16.3 Å². The lowest BCUT2D eigenvalue weighted by Crippen LogP contribution is -2.61. The highest BCUT2D eigenvalue weighted by Gasteiger charge is 2.48. The number of ether oxygens (including phenoxy) is 2. The molecule has 12 nitrogen and oxygen atoms in total. The lowest BCUT2D eigenvalue weighted by Gasteiger charge is -2.41. The fourth-order valence-electron chi connectivity index (χ4n) is 11.8. The number of aliphatic hydroxyl groups is 4. The van der Waals surface area contributed by atoms with Crippen LogP contribution < -0.4 is 5.32 Å². The Balaban J connectivity index is 2.21. The van der Waals surface area contributed by atoms with E-state index in [1.54, 1.807) is 0 Å². The van der Waals surface area contributed by atoms with Crippen molar-refractivity contribution in [3.63, 3.8) is 0 Å². The smallest absolute Gasteiger partial charge is 0.394 e. The van der Waals surface area contributed by atoms with Crippen molar-refractivity contribution in [2.75, 3.05) is 13.2 Å². The number of carbonyl (C=O) groups is 1. The van der Waals surface area contributed by atoms with Crippen LogP contribution >= 0.6 is 0 Å². The molecule has 1 aliphatic rings. The summed E-state index contributed by atoms with van der Waals surface area (Å²) in [6.45, 7) is 3.52. The molecule has 0 spiro atoms. The van der Waals surface area contributed by atoms with Crippen LogP contribution in [0.2, 0.25) is 0 Å². The molecule has 83 heavy (non-hydrogen) atoms. The number of unbranched alkanes of at least 4 members (excludes halogenated alkanes) is 48. The number of hydrogen-bond acceptors (Lipinski definition) is 10. The lowest BCUT2D eigenvalue weighted by molar-refractivity contribution is -0.298. The minimum atomic E-state index is -5.09. The van der Waals surface area contributed by atoms with Gasteiger partial charge in [-0.3, -0.25) is 9.35 Å². The zero-order valence-electron chi connectivity index (χ0n) is 54.0. The van der Waals surface area contributed by atoms with Gasteiger partial charge in [-0.2, -0.15) is 8.42 Å². The molecule has 1 amide bonds. The van der Waals surface area contributed by atoms with Crippen molar-refractivity contribution < 1.29 is 51.8 Å². The average molecular weight is 1200 g/mol. The monoisotopic (exact) mass is 1200 g/mol. The van der Waals surface area contributed by atoms with Gasteiger partial charge in [0.1, 0.15) is 24.4 Å². The second-order valence-electron chi connectivity index (χ2n) is 25.2. The Morgan fingerprint density at radius 1 is 0.482 bits per heavy atom. The Morgan fingerprint density at radius 2 is 0.807 bits per heavy atom. The average Bonchev–Trinajstić information content (AvgIpc) is 3.56. The number of hydrogen-bond donors (Lipinski definition) is 6. The van der Waals surface area contributed by atoms with Gasteiger partial charge in [0.2, 0.25) is 5.91 Å². The number of allylic oxidation sites excluding steroid dienone is 4. The van der Waals surface area contributed by atoms with Crippen molar-refractivity contribution in [3.05, 3.63) is 24.3 Å². The summed E-state index contributed by atoms with van der Waals surface area (Å²) in [5.74, 6) is -0.222. The molecule has 1 rings (SSSR count). The van der Waals surface area contributed by atoms with Crippen LogP contribution in [0.25, 0.3) is 0 Å². The maximum absolute atomic E-state index is 13.2. The van der Waals surface area contributed by atoms with Gasteiger partial charge < -0.3 is 35.2 Å². The fraction of sp³-hybridized carbons (Fsp3) is 0.929. The summed E-state index contributed by atoms with van der Waals surface area (Å²) in [5.41, 5.74) is 0. The van der Waals surface area contributed by atoms with Crippen LogP contribution in [0.5, 0.6) is 0 Å². The third kappa shape index (κ3) is 51.2. The zero-order valence-corrected chi connectivity index (χ0v) is 54.9. The highest BCUT2D eigenvalue weighted by atomic mass is 32.3. The van der Waals surface area contributed by atoms with Gasteiger partial charge in [0.15, 0.2) is 6.29 Å². The number of aliphatic hydroxyl groups excluding tert-OH is 4. The van der Waals surface area contributed by atoms with Crippen LogP contribution in [0.1, 0.15) is 361 Å². The first-order chi connectivity index (χ1) is 40.5. The van der Waals surface area contributed by atoms with Gasteiger partial charge in [-0.25, -0.2) is 4.18 Å². The van der Waals surface area contributed by atoms with E-state index in [0.29, 0.717) is 12.8 Å². The highest BCUT2D eigenvalue weighted by Crippen LogP contribution is 2.27. The van der Waals surface area contributed by atoms with Crippen LogP contribution in [0.3, 0.4) is 0 Å². The van der Waals surface area contributed by atoms with Crippen molar-refractivity contribution in [2.45, 2.75) is 403 Å². The van der Waals surface area contributed by atoms with Gasteiger partial charge >= 0.3 is 10.4 Å². The second-order valence-corrected chi connectivity index (χ2v) is 26.2. The Hall–Kier alpha value is -1.42. The Morgan fingerprint density at radius 3 is 1.14 bits per heavy atom. The molecule has 1 saturated heterocycles. The predicted molar refractivity (Wildman–Crippen MR) is 347 cm³/mol. The molecule has 6 N–H and O–H groups in total. The first-order valence-corrected chi connectivity index (χ1v) is 37.1. The zero-order chi connectivity index (χ0) is 60.4. The van der Waals surface area contributed by atoms with E-state index in [2.05, 4.69) is 47.7 Å². The van der Waals surface area contributed by atoms with Gasteiger partial charge in [-0.15, -0.1) is 0 Å². The molecular formula is C70H135NO11S. The molecule has 1 aliphatic heterocycles. The second kappa shape index (κ2) is 59.5. The first-order valence-electron chi connectivity index (χ1n) is 35.7. The van der Waals surface area contributed by atoms with E-state index in [4.69, 9.17) is 9.47 Å². The summed E-state index contributed by atoms with van der Waals surface area (Å²) in [6, 6.07) is -0.858. The fourth-order valence-corrected chi connectivity index (χ4v) is 12.3. The van der Waals surface area contributed by atoms with Crippen LogP contribution in [-0.2, 0) is 28.9 Å². The van der Waals surface area contributed by atoms with Gasteiger partial charge in [0.05, 0.1) is 25.4 Å². The number of rotatable bonds is 64. The molecule has 0 aromatic heterocycles. The summed E-state index contributed by atoms with van der Waals surface area (Å²) in [7, 11) is -5.09. The van der Waals surface area contributed by atoms with Crippen LogP contribution in [-0.4, -0.2) is 95.4 Å². The largest absolute Gasteiger partial charge is 0.397 e. The maximum Gasteiger partial charge on any atom is 0.397 e. The molecule has 7 unspecified atom stereocenters. The summed E-state index contributed by atoms with van der Waals surface area (Å²) >= 11 is 0. The molecule has 0 bridgehead atoms. The van der Waals surface area contributed by atoms with Crippen molar-refractivity contribution in [1.29, 1.82) is 0 Å². The van der Waals surface area contributed by atoms with Crippen LogP contribution in [0, 0.1) is 0 Å². The van der Waals surface area contributed by atoms with E-state index < -0.39 is 59.9 Å². The summed E-state index contributed by atoms with van der Waals surface area (Å²) in [4.78, 5) is 13.2. The summed E-state index contributed by atoms with van der Waals surface area (Å²) in [6.07, 6.45) is 67.8. The molecule has 1 fully saturated rings. The Kier molecular flexibility index (Phi) is 57.1. The Labute approximate surface area is 512 Å². The van der Waals surface area contributed by atoms with Gasteiger partial charge in [0, 0.05) is 6.42 Å². The molecule has 0 aliphatic carbocycles. The molecule has 7 atom stereocenters.